The summed E-state index contributed by atoms with van der Waals surface area (Å²) < 4.78 is 11.5. The number of aliphatic hydroxyl groups excluding tert-OH is 1. The summed E-state index contributed by atoms with van der Waals surface area (Å²) in [6.07, 6.45) is 1.81. The summed E-state index contributed by atoms with van der Waals surface area (Å²) in [6, 6.07) is 22.4. The Balaban J connectivity index is 1.48. The van der Waals surface area contributed by atoms with Gasteiger partial charge in [-0.2, -0.15) is 0 Å². The Morgan fingerprint density at radius 2 is 1.83 bits per heavy atom. The molecular weight excluding hydrogens is 464 g/mol. The molecule has 1 aliphatic rings. The number of carbonyl (C=O) groups is 1. The number of ether oxygens (including phenoxy) is 2. The number of hydrogen-bond acceptors (Lipinski definition) is 4. The minimum Gasteiger partial charge on any atom is -0.494 e. The van der Waals surface area contributed by atoms with Gasteiger partial charge in [0.25, 0.3) is 0 Å². The highest BCUT2D eigenvalue weighted by Crippen LogP contribution is 2.40. The number of aliphatic hydroxyl groups is 1. The van der Waals surface area contributed by atoms with Gasteiger partial charge in [-0.1, -0.05) is 41.9 Å². The highest BCUT2D eigenvalue weighted by molar-refractivity contribution is 6.31. The van der Waals surface area contributed by atoms with Crippen molar-refractivity contribution in [1.82, 2.24) is 9.88 Å². The van der Waals surface area contributed by atoms with Crippen LogP contribution in [0.15, 0.2) is 72.8 Å². The van der Waals surface area contributed by atoms with Crippen molar-refractivity contribution in [2.24, 2.45) is 0 Å². The molecule has 0 aliphatic carbocycles. The minimum absolute atomic E-state index is 0.164. The Hall–Kier alpha value is -3.48. The lowest BCUT2D eigenvalue weighted by Gasteiger charge is -2.35. The second-order valence-electron chi connectivity index (χ2n) is 8.58. The molecule has 180 valence electrons. The Kier molecular flexibility index (Phi) is 6.93. The van der Waals surface area contributed by atoms with Gasteiger partial charge in [-0.05, 0) is 72.9 Å². The number of rotatable bonds is 7. The van der Waals surface area contributed by atoms with Crippen molar-refractivity contribution in [2.75, 3.05) is 19.8 Å². The van der Waals surface area contributed by atoms with Crippen LogP contribution < -0.4 is 9.47 Å². The number of halogens is 1. The van der Waals surface area contributed by atoms with Crippen LogP contribution in [0.25, 0.3) is 10.9 Å². The van der Waals surface area contributed by atoms with Gasteiger partial charge in [0.2, 0.25) is 0 Å². The molecule has 7 heteroatoms. The molecule has 0 fully saturated rings. The number of nitrogens with one attached hydrogen (secondary N) is 1. The monoisotopic (exact) mass is 490 g/mol. The van der Waals surface area contributed by atoms with E-state index in [0.29, 0.717) is 36.8 Å². The zero-order valence-corrected chi connectivity index (χ0v) is 20.0. The molecule has 0 bridgehead atoms. The quantitative estimate of drug-likeness (QED) is 0.306. The third-order valence-corrected chi connectivity index (χ3v) is 6.52. The van der Waals surface area contributed by atoms with Crippen molar-refractivity contribution in [3.05, 3.63) is 94.6 Å². The van der Waals surface area contributed by atoms with Crippen molar-refractivity contribution in [1.29, 1.82) is 0 Å². The Labute approximate surface area is 209 Å². The molecule has 4 aromatic rings. The molecule has 0 saturated heterocycles. The molecule has 1 amide bonds. The third kappa shape index (κ3) is 4.99. The summed E-state index contributed by atoms with van der Waals surface area (Å²) in [5.74, 6) is 1.27. The summed E-state index contributed by atoms with van der Waals surface area (Å²) in [6.45, 7) is 1.23. The molecule has 5 rings (SSSR count). The van der Waals surface area contributed by atoms with E-state index >= 15 is 0 Å². The van der Waals surface area contributed by atoms with Gasteiger partial charge in [0.15, 0.2) is 0 Å². The molecule has 1 atom stereocenters. The molecule has 0 saturated carbocycles. The fourth-order valence-corrected chi connectivity index (χ4v) is 4.77. The smallest absolute Gasteiger partial charge is 0.416 e. The van der Waals surface area contributed by atoms with Gasteiger partial charge >= 0.3 is 6.09 Å². The molecular formula is C28H27ClN2O4. The van der Waals surface area contributed by atoms with Crippen LogP contribution >= 0.6 is 11.6 Å². The van der Waals surface area contributed by atoms with Crippen LogP contribution in [0.5, 0.6) is 11.5 Å². The first kappa shape index (κ1) is 23.3. The molecule has 2 N–H and O–H groups in total. The Morgan fingerprint density at radius 3 is 2.60 bits per heavy atom. The molecule has 1 aromatic heterocycles. The number of H-pyrrole nitrogens is 1. The number of aromatic nitrogens is 1. The van der Waals surface area contributed by atoms with E-state index in [1.165, 1.54) is 5.56 Å². The molecule has 0 radical (unpaired) electrons. The lowest BCUT2D eigenvalue weighted by molar-refractivity contribution is 0.135. The lowest BCUT2D eigenvalue weighted by atomic mass is 9.92. The second kappa shape index (κ2) is 10.4. The molecule has 1 aliphatic heterocycles. The summed E-state index contributed by atoms with van der Waals surface area (Å²) >= 11 is 6.29. The molecule has 0 spiro atoms. The van der Waals surface area contributed by atoms with E-state index in [1.807, 2.05) is 60.7 Å². The SMILES string of the molecule is O=C(Oc1ccccc1)N1CCc2c([nH]c3ccc(Cl)cc23)[C@@H]1c1ccc(OCCCCO)cc1. The molecule has 6 nitrogen and oxygen atoms in total. The van der Waals surface area contributed by atoms with Crippen LogP contribution in [-0.4, -0.2) is 40.8 Å². The first-order valence-corrected chi connectivity index (χ1v) is 12.2. The third-order valence-electron chi connectivity index (χ3n) is 6.29. The number of hydrogen-bond donors (Lipinski definition) is 2. The van der Waals surface area contributed by atoms with Crippen LogP contribution in [0.1, 0.15) is 35.7 Å². The van der Waals surface area contributed by atoms with Gasteiger partial charge in [0.1, 0.15) is 17.5 Å². The topological polar surface area (TPSA) is 74.8 Å². The van der Waals surface area contributed by atoms with E-state index in [-0.39, 0.29) is 12.6 Å². The van der Waals surface area contributed by atoms with Gasteiger partial charge in [0.05, 0.1) is 6.61 Å². The molecule has 0 unspecified atom stereocenters. The zero-order valence-electron chi connectivity index (χ0n) is 19.2. The Morgan fingerprint density at radius 1 is 1.03 bits per heavy atom. The predicted octanol–water partition coefficient (Wildman–Crippen LogP) is 6.12. The standard InChI is InChI=1S/C28H27ClN2O4/c29-20-10-13-25-24(18-20)23-14-15-31(28(33)35-22-6-2-1-3-7-22)27(26(23)30-25)19-8-11-21(12-9-19)34-17-5-4-16-32/h1-3,6-13,18,27,30,32H,4-5,14-17H2/t27-/m0/s1. The summed E-state index contributed by atoms with van der Waals surface area (Å²) in [5.41, 5.74) is 4.08. The number of amides is 1. The highest BCUT2D eigenvalue weighted by Gasteiger charge is 2.35. The van der Waals surface area contributed by atoms with E-state index in [4.69, 9.17) is 26.2 Å². The second-order valence-corrected chi connectivity index (χ2v) is 9.02. The molecule has 2 heterocycles. The molecule has 3 aromatic carbocycles. The average molecular weight is 491 g/mol. The number of nitrogens with zero attached hydrogens (tertiary/aromatic N) is 1. The fraction of sp³-hybridized carbons (Fsp3) is 0.250. The van der Waals surface area contributed by atoms with E-state index in [2.05, 4.69) is 4.98 Å². The van der Waals surface area contributed by atoms with E-state index in [0.717, 1.165) is 34.3 Å². The highest BCUT2D eigenvalue weighted by atomic mass is 35.5. The average Bonchev–Trinajstić information content (AvgIpc) is 3.25. The number of benzene rings is 3. The maximum absolute atomic E-state index is 13.3. The first-order chi connectivity index (χ1) is 17.1. The van der Waals surface area contributed by atoms with Gasteiger partial charge in [0, 0.05) is 34.8 Å². The van der Waals surface area contributed by atoms with Crippen LogP contribution in [-0.2, 0) is 6.42 Å². The maximum Gasteiger partial charge on any atom is 0.416 e. The van der Waals surface area contributed by atoms with Crippen molar-refractivity contribution >= 4 is 28.6 Å². The normalized spacial score (nSPS) is 15.1. The summed E-state index contributed by atoms with van der Waals surface area (Å²) in [4.78, 5) is 18.6. The van der Waals surface area contributed by atoms with Crippen LogP contribution in [0.4, 0.5) is 4.79 Å². The number of aromatic amines is 1. The van der Waals surface area contributed by atoms with E-state index in [1.54, 1.807) is 17.0 Å². The zero-order chi connectivity index (χ0) is 24.2. The first-order valence-electron chi connectivity index (χ1n) is 11.8. The van der Waals surface area contributed by atoms with Crippen molar-refractivity contribution in [2.45, 2.75) is 25.3 Å². The van der Waals surface area contributed by atoms with Crippen LogP contribution in [0.2, 0.25) is 5.02 Å². The summed E-state index contributed by atoms with van der Waals surface area (Å²) in [5, 5.41) is 10.7. The number of para-hydroxylation sites is 1. The van der Waals surface area contributed by atoms with Crippen molar-refractivity contribution in [3.8, 4) is 11.5 Å². The van der Waals surface area contributed by atoms with E-state index < -0.39 is 6.09 Å². The summed E-state index contributed by atoms with van der Waals surface area (Å²) in [7, 11) is 0. The van der Waals surface area contributed by atoms with Crippen LogP contribution in [0, 0.1) is 0 Å². The number of unbranched alkanes of at least 4 members (excludes halogenated alkanes) is 1. The lowest BCUT2D eigenvalue weighted by Crippen LogP contribution is -2.42. The van der Waals surface area contributed by atoms with E-state index in [9.17, 15) is 4.79 Å². The largest absolute Gasteiger partial charge is 0.494 e. The number of carbonyl (C=O) groups excluding carboxylic acids is 1. The number of fused-ring (bicyclic) bond motifs is 3. The predicted molar refractivity (Wildman–Crippen MR) is 136 cm³/mol. The Bertz CT molecular complexity index is 1300. The van der Waals surface area contributed by atoms with Crippen molar-refractivity contribution in [3.63, 3.8) is 0 Å². The van der Waals surface area contributed by atoms with Crippen LogP contribution in [0.3, 0.4) is 0 Å². The van der Waals surface area contributed by atoms with Crippen molar-refractivity contribution < 1.29 is 19.4 Å². The minimum atomic E-state index is -0.395. The van der Waals surface area contributed by atoms with Gasteiger partial charge in [-0.15, -0.1) is 0 Å². The van der Waals surface area contributed by atoms with Gasteiger partial charge in [-0.25, -0.2) is 4.79 Å². The van der Waals surface area contributed by atoms with Gasteiger partial charge < -0.3 is 19.6 Å². The van der Waals surface area contributed by atoms with Gasteiger partial charge in [-0.3, -0.25) is 4.90 Å². The maximum atomic E-state index is 13.3. The molecule has 35 heavy (non-hydrogen) atoms. The fourth-order valence-electron chi connectivity index (χ4n) is 4.60.